The molecule has 2 rings (SSSR count). The van der Waals surface area contributed by atoms with Gasteiger partial charge in [-0.3, -0.25) is 9.69 Å². The van der Waals surface area contributed by atoms with E-state index in [9.17, 15) is 4.79 Å². The second-order valence-corrected chi connectivity index (χ2v) is 7.00. The molecule has 21 heavy (non-hydrogen) atoms. The molecule has 1 saturated carbocycles. The number of carbonyl (C=O) groups excluding carboxylic acids is 1. The summed E-state index contributed by atoms with van der Waals surface area (Å²) in [4.78, 5) is 14.9. The van der Waals surface area contributed by atoms with Crippen molar-refractivity contribution in [2.24, 2.45) is 5.41 Å². The maximum Gasteiger partial charge on any atom is 0.326 e. The van der Waals surface area contributed by atoms with Crippen LogP contribution in [-0.4, -0.2) is 49.7 Å². The van der Waals surface area contributed by atoms with Crippen LogP contribution in [-0.2, 0) is 9.53 Å². The molecule has 4 nitrogen and oxygen atoms in total. The Kier molecular flexibility index (Phi) is 5.31. The maximum absolute atomic E-state index is 12.2. The molecule has 0 amide bonds. The number of hydrogen-bond donors (Lipinski definition) is 1. The van der Waals surface area contributed by atoms with E-state index in [1.807, 2.05) is 7.05 Å². The smallest absolute Gasteiger partial charge is 0.326 e. The van der Waals surface area contributed by atoms with Crippen molar-refractivity contribution in [3.05, 3.63) is 0 Å². The van der Waals surface area contributed by atoms with Gasteiger partial charge in [-0.25, -0.2) is 0 Å². The molecule has 122 valence electrons. The molecule has 1 aliphatic heterocycles. The van der Waals surface area contributed by atoms with Crippen molar-refractivity contribution < 1.29 is 9.53 Å². The zero-order valence-corrected chi connectivity index (χ0v) is 14.2. The minimum absolute atomic E-state index is 0.0915. The van der Waals surface area contributed by atoms with E-state index in [0.717, 1.165) is 19.3 Å². The molecule has 0 aromatic carbocycles. The Balaban J connectivity index is 2.06. The number of carbonyl (C=O) groups is 1. The van der Waals surface area contributed by atoms with E-state index >= 15 is 0 Å². The van der Waals surface area contributed by atoms with Gasteiger partial charge in [0.2, 0.25) is 0 Å². The second-order valence-electron chi connectivity index (χ2n) is 7.00. The predicted octanol–water partition coefficient (Wildman–Crippen LogP) is 2.57. The van der Waals surface area contributed by atoms with Crippen molar-refractivity contribution in [2.45, 2.75) is 70.4 Å². The summed E-state index contributed by atoms with van der Waals surface area (Å²) in [7, 11) is 3.39. The molecule has 2 atom stereocenters. The lowest BCUT2D eigenvalue weighted by molar-refractivity contribution is -0.151. The number of likely N-dealkylation sites (N-methyl/N-ethyl adjacent to an activating group) is 1. The van der Waals surface area contributed by atoms with Crippen molar-refractivity contribution in [2.75, 3.05) is 27.2 Å². The molecule has 1 aliphatic carbocycles. The molecule has 0 aromatic heterocycles. The Morgan fingerprint density at radius 2 is 2.05 bits per heavy atom. The molecule has 2 aliphatic rings. The normalized spacial score (nSPS) is 33.0. The SMILES string of the molecule is CCC1(CC)CCN(C2CCCC(NC)(C(=O)OC)C2)C1. The van der Waals surface area contributed by atoms with E-state index in [1.54, 1.807) is 0 Å². The van der Waals surface area contributed by atoms with Crippen LogP contribution in [0.5, 0.6) is 0 Å². The zero-order valence-electron chi connectivity index (χ0n) is 14.2. The summed E-state index contributed by atoms with van der Waals surface area (Å²) in [6.45, 7) is 7.03. The quantitative estimate of drug-likeness (QED) is 0.792. The van der Waals surface area contributed by atoms with Gasteiger partial charge < -0.3 is 10.1 Å². The number of methoxy groups -OCH3 is 1. The topological polar surface area (TPSA) is 41.6 Å². The highest BCUT2D eigenvalue weighted by Gasteiger charge is 2.46. The van der Waals surface area contributed by atoms with E-state index in [2.05, 4.69) is 24.1 Å². The first-order chi connectivity index (χ1) is 10.0. The lowest BCUT2D eigenvalue weighted by Crippen LogP contribution is -2.57. The van der Waals surface area contributed by atoms with Crippen LogP contribution in [0, 0.1) is 5.41 Å². The summed E-state index contributed by atoms with van der Waals surface area (Å²) in [5, 5.41) is 3.27. The molecule has 4 heteroatoms. The molecule has 0 bridgehead atoms. The van der Waals surface area contributed by atoms with Gasteiger partial charge in [-0.1, -0.05) is 13.8 Å². The van der Waals surface area contributed by atoms with Gasteiger partial charge in [-0.15, -0.1) is 0 Å². The number of nitrogens with zero attached hydrogens (tertiary/aromatic N) is 1. The fourth-order valence-corrected chi connectivity index (χ4v) is 4.38. The van der Waals surface area contributed by atoms with Crippen molar-refractivity contribution in [1.82, 2.24) is 10.2 Å². The lowest BCUT2D eigenvalue weighted by atomic mass is 9.78. The third kappa shape index (κ3) is 3.11. The van der Waals surface area contributed by atoms with E-state index < -0.39 is 5.54 Å². The summed E-state index contributed by atoms with van der Waals surface area (Å²) in [5.41, 5.74) is 0.0341. The minimum atomic E-state index is -0.471. The predicted molar refractivity (Wildman–Crippen MR) is 85.3 cm³/mol. The first-order valence-electron chi connectivity index (χ1n) is 8.56. The Morgan fingerprint density at radius 3 is 2.57 bits per heavy atom. The van der Waals surface area contributed by atoms with Crippen LogP contribution >= 0.6 is 0 Å². The van der Waals surface area contributed by atoms with Gasteiger partial charge in [0.1, 0.15) is 5.54 Å². The number of esters is 1. The standard InChI is InChI=1S/C17H32N2O2/c1-5-16(6-2)10-11-19(13-16)14-8-7-9-17(12-14,18-3)15(20)21-4/h14,18H,5-13H2,1-4H3. The molecule has 1 heterocycles. The third-order valence-electron chi connectivity index (χ3n) is 6.26. The van der Waals surface area contributed by atoms with Gasteiger partial charge in [0.15, 0.2) is 0 Å². The molecule has 1 N–H and O–H groups in total. The summed E-state index contributed by atoms with van der Waals surface area (Å²) < 4.78 is 5.06. The van der Waals surface area contributed by atoms with Crippen molar-refractivity contribution in [1.29, 1.82) is 0 Å². The highest BCUT2D eigenvalue weighted by Crippen LogP contribution is 2.41. The molecule has 2 unspecified atom stereocenters. The first kappa shape index (κ1) is 16.8. The number of rotatable bonds is 5. The van der Waals surface area contributed by atoms with Gasteiger partial charge in [-0.2, -0.15) is 0 Å². The van der Waals surface area contributed by atoms with Gasteiger partial charge in [0.25, 0.3) is 0 Å². The zero-order chi connectivity index (χ0) is 15.5. The van der Waals surface area contributed by atoms with Gasteiger partial charge in [0.05, 0.1) is 7.11 Å². The monoisotopic (exact) mass is 296 g/mol. The average molecular weight is 296 g/mol. The Labute approximate surface area is 129 Å². The molecule has 0 aromatic rings. The molecule has 0 spiro atoms. The van der Waals surface area contributed by atoms with Crippen LogP contribution in [0.2, 0.25) is 0 Å². The van der Waals surface area contributed by atoms with Crippen LogP contribution in [0.15, 0.2) is 0 Å². The van der Waals surface area contributed by atoms with E-state index in [1.165, 1.54) is 45.9 Å². The van der Waals surface area contributed by atoms with Gasteiger partial charge in [0, 0.05) is 12.6 Å². The molecule has 1 saturated heterocycles. The van der Waals surface area contributed by atoms with E-state index in [-0.39, 0.29) is 5.97 Å². The summed E-state index contributed by atoms with van der Waals surface area (Å²) in [5.74, 6) is -0.0915. The minimum Gasteiger partial charge on any atom is -0.468 e. The second kappa shape index (κ2) is 6.66. The maximum atomic E-state index is 12.2. The largest absolute Gasteiger partial charge is 0.468 e. The number of hydrogen-bond acceptors (Lipinski definition) is 4. The highest BCUT2D eigenvalue weighted by atomic mass is 16.5. The molecule has 2 fully saturated rings. The Hall–Kier alpha value is -0.610. The fourth-order valence-electron chi connectivity index (χ4n) is 4.38. The molecule has 0 radical (unpaired) electrons. The van der Waals surface area contributed by atoms with Crippen molar-refractivity contribution >= 4 is 5.97 Å². The average Bonchev–Trinajstić information content (AvgIpc) is 2.99. The van der Waals surface area contributed by atoms with Crippen LogP contribution in [0.3, 0.4) is 0 Å². The van der Waals surface area contributed by atoms with Crippen molar-refractivity contribution in [3.63, 3.8) is 0 Å². The summed E-state index contributed by atoms with van der Waals surface area (Å²) in [6.07, 6.45) is 7.93. The van der Waals surface area contributed by atoms with Crippen LogP contribution in [0.4, 0.5) is 0 Å². The van der Waals surface area contributed by atoms with Crippen molar-refractivity contribution in [3.8, 4) is 0 Å². The van der Waals surface area contributed by atoms with Crippen LogP contribution in [0.1, 0.15) is 58.8 Å². The number of likely N-dealkylation sites (tertiary alicyclic amines) is 1. The summed E-state index contributed by atoms with van der Waals surface area (Å²) in [6, 6.07) is 0.519. The van der Waals surface area contributed by atoms with Crippen LogP contribution < -0.4 is 5.32 Å². The van der Waals surface area contributed by atoms with Gasteiger partial charge in [-0.05, 0) is 64.0 Å². The number of ether oxygens (including phenoxy) is 1. The molecular formula is C17H32N2O2. The van der Waals surface area contributed by atoms with E-state index in [4.69, 9.17) is 4.74 Å². The summed E-state index contributed by atoms with van der Waals surface area (Å²) >= 11 is 0. The fraction of sp³-hybridized carbons (Fsp3) is 0.941. The van der Waals surface area contributed by atoms with Crippen LogP contribution in [0.25, 0.3) is 0 Å². The Morgan fingerprint density at radius 1 is 1.33 bits per heavy atom. The first-order valence-corrected chi connectivity index (χ1v) is 8.56. The third-order valence-corrected chi connectivity index (χ3v) is 6.26. The number of nitrogens with one attached hydrogen (secondary N) is 1. The Bertz CT molecular complexity index is 368. The highest BCUT2D eigenvalue weighted by molar-refractivity contribution is 5.81. The molecular weight excluding hydrogens is 264 g/mol. The van der Waals surface area contributed by atoms with E-state index in [0.29, 0.717) is 11.5 Å². The van der Waals surface area contributed by atoms with Gasteiger partial charge >= 0.3 is 5.97 Å². The lowest BCUT2D eigenvalue weighted by Gasteiger charge is -2.42.